The van der Waals surface area contributed by atoms with E-state index in [1.807, 2.05) is 12.1 Å². The molecule has 1 fully saturated rings. The Morgan fingerprint density at radius 1 is 1.47 bits per heavy atom. The standard InChI is InChI=1S/C13H17NO3/c1-2-17-13(16)10-3-5-11(6-4-10)14-8-7-12(15)9-14/h3-6,12,15H,2,7-9H2,1H3/t12-/m0/s1. The number of esters is 1. The number of nitrogens with zero attached hydrogens (tertiary/aromatic N) is 1. The van der Waals surface area contributed by atoms with E-state index in [2.05, 4.69) is 4.90 Å². The van der Waals surface area contributed by atoms with Gasteiger partial charge in [-0.15, -0.1) is 0 Å². The average molecular weight is 235 g/mol. The molecule has 1 saturated heterocycles. The van der Waals surface area contributed by atoms with Gasteiger partial charge in [0.15, 0.2) is 0 Å². The van der Waals surface area contributed by atoms with Crippen LogP contribution in [0.15, 0.2) is 24.3 Å². The highest BCUT2D eigenvalue weighted by Gasteiger charge is 2.20. The van der Waals surface area contributed by atoms with Gasteiger partial charge in [-0.3, -0.25) is 0 Å². The molecule has 2 rings (SSSR count). The highest BCUT2D eigenvalue weighted by Crippen LogP contribution is 2.20. The minimum Gasteiger partial charge on any atom is -0.462 e. The molecule has 4 heteroatoms. The molecule has 1 aliphatic rings. The van der Waals surface area contributed by atoms with Crippen LogP contribution in [0, 0.1) is 0 Å². The van der Waals surface area contributed by atoms with Crippen molar-refractivity contribution in [1.29, 1.82) is 0 Å². The first kappa shape index (κ1) is 11.9. The summed E-state index contributed by atoms with van der Waals surface area (Å²) in [5.74, 6) is -0.291. The fourth-order valence-electron chi connectivity index (χ4n) is 2.00. The summed E-state index contributed by atoms with van der Waals surface area (Å²) in [7, 11) is 0. The third-order valence-electron chi connectivity index (χ3n) is 2.91. The van der Waals surface area contributed by atoms with E-state index >= 15 is 0 Å². The molecular formula is C13H17NO3. The predicted molar refractivity (Wildman–Crippen MR) is 65.2 cm³/mol. The summed E-state index contributed by atoms with van der Waals surface area (Å²) >= 11 is 0. The molecule has 0 radical (unpaired) electrons. The molecule has 0 aliphatic carbocycles. The van der Waals surface area contributed by atoms with Gasteiger partial charge in [0.05, 0.1) is 18.3 Å². The lowest BCUT2D eigenvalue weighted by Crippen LogP contribution is -2.21. The van der Waals surface area contributed by atoms with Crippen molar-refractivity contribution in [3.8, 4) is 0 Å². The number of carbonyl (C=O) groups is 1. The zero-order chi connectivity index (χ0) is 12.3. The molecule has 1 aromatic carbocycles. The van der Waals surface area contributed by atoms with Gasteiger partial charge in [0.1, 0.15) is 0 Å². The summed E-state index contributed by atoms with van der Waals surface area (Å²) in [6.07, 6.45) is 0.569. The molecule has 1 heterocycles. The van der Waals surface area contributed by atoms with E-state index < -0.39 is 0 Å². The second kappa shape index (κ2) is 5.19. The highest BCUT2D eigenvalue weighted by atomic mass is 16.5. The molecule has 0 spiro atoms. The summed E-state index contributed by atoms with van der Waals surface area (Å²) in [5.41, 5.74) is 1.60. The molecule has 17 heavy (non-hydrogen) atoms. The Morgan fingerprint density at radius 2 is 2.18 bits per heavy atom. The number of aliphatic hydroxyl groups is 1. The van der Waals surface area contributed by atoms with E-state index in [0.717, 1.165) is 18.7 Å². The summed E-state index contributed by atoms with van der Waals surface area (Å²) in [5, 5.41) is 9.46. The lowest BCUT2D eigenvalue weighted by atomic mass is 10.2. The van der Waals surface area contributed by atoms with Crippen molar-refractivity contribution >= 4 is 11.7 Å². The third-order valence-corrected chi connectivity index (χ3v) is 2.91. The molecule has 1 aliphatic heterocycles. The van der Waals surface area contributed by atoms with Crippen molar-refractivity contribution in [3.05, 3.63) is 29.8 Å². The zero-order valence-electron chi connectivity index (χ0n) is 9.93. The first-order valence-corrected chi connectivity index (χ1v) is 5.91. The molecule has 0 amide bonds. The third kappa shape index (κ3) is 2.77. The van der Waals surface area contributed by atoms with Crippen LogP contribution in [0.5, 0.6) is 0 Å². The maximum atomic E-state index is 11.5. The summed E-state index contributed by atoms with van der Waals surface area (Å²) in [4.78, 5) is 13.6. The number of hydrogen-bond acceptors (Lipinski definition) is 4. The maximum Gasteiger partial charge on any atom is 0.338 e. The van der Waals surface area contributed by atoms with Crippen LogP contribution in [0.3, 0.4) is 0 Å². The Hall–Kier alpha value is -1.55. The first-order valence-electron chi connectivity index (χ1n) is 5.91. The number of rotatable bonds is 3. The lowest BCUT2D eigenvalue weighted by Gasteiger charge is -2.17. The van der Waals surface area contributed by atoms with Crippen molar-refractivity contribution in [1.82, 2.24) is 0 Å². The van der Waals surface area contributed by atoms with Crippen LogP contribution in [-0.2, 0) is 4.74 Å². The Balaban J connectivity index is 2.05. The number of anilines is 1. The largest absolute Gasteiger partial charge is 0.462 e. The van der Waals surface area contributed by atoms with Gasteiger partial charge in [-0.2, -0.15) is 0 Å². The topological polar surface area (TPSA) is 49.8 Å². The molecule has 1 atom stereocenters. The summed E-state index contributed by atoms with van der Waals surface area (Å²) in [6.45, 7) is 3.70. The molecule has 0 saturated carbocycles. The SMILES string of the molecule is CCOC(=O)c1ccc(N2CC[C@H](O)C2)cc1. The van der Waals surface area contributed by atoms with Crippen LogP contribution in [0.25, 0.3) is 0 Å². The van der Waals surface area contributed by atoms with Crippen molar-refractivity contribution in [3.63, 3.8) is 0 Å². The molecule has 0 aromatic heterocycles. The van der Waals surface area contributed by atoms with E-state index in [1.165, 1.54) is 0 Å². The fourth-order valence-corrected chi connectivity index (χ4v) is 2.00. The van der Waals surface area contributed by atoms with Gasteiger partial charge in [0, 0.05) is 18.8 Å². The van der Waals surface area contributed by atoms with Crippen LogP contribution < -0.4 is 4.90 Å². The molecule has 1 N–H and O–H groups in total. The van der Waals surface area contributed by atoms with Crippen molar-refractivity contribution in [2.45, 2.75) is 19.4 Å². The Bertz CT molecular complexity index is 388. The number of hydrogen-bond donors (Lipinski definition) is 1. The smallest absolute Gasteiger partial charge is 0.338 e. The molecule has 0 unspecified atom stereocenters. The van der Waals surface area contributed by atoms with Gasteiger partial charge < -0.3 is 14.7 Å². The lowest BCUT2D eigenvalue weighted by molar-refractivity contribution is 0.0526. The molecule has 92 valence electrons. The van der Waals surface area contributed by atoms with Gasteiger partial charge in [0.25, 0.3) is 0 Å². The van der Waals surface area contributed by atoms with Gasteiger partial charge in [-0.05, 0) is 37.6 Å². The van der Waals surface area contributed by atoms with Crippen LogP contribution in [0.1, 0.15) is 23.7 Å². The van der Waals surface area contributed by atoms with Crippen molar-refractivity contribution in [2.24, 2.45) is 0 Å². The van der Waals surface area contributed by atoms with E-state index in [0.29, 0.717) is 18.7 Å². The van der Waals surface area contributed by atoms with E-state index in [1.54, 1.807) is 19.1 Å². The van der Waals surface area contributed by atoms with Gasteiger partial charge >= 0.3 is 5.97 Å². The van der Waals surface area contributed by atoms with Gasteiger partial charge in [0.2, 0.25) is 0 Å². The van der Waals surface area contributed by atoms with Crippen molar-refractivity contribution < 1.29 is 14.6 Å². The van der Waals surface area contributed by atoms with Gasteiger partial charge in [-0.1, -0.05) is 0 Å². The maximum absolute atomic E-state index is 11.5. The first-order chi connectivity index (χ1) is 8.20. The normalized spacial score (nSPS) is 19.4. The minimum absolute atomic E-state index is 0.236. The monoisotopic (exact) mass is 235 g/mol. The van der Waals surface area contributed by atoms with E-state index in [-0.39, 0.29) is 12.1 Å². The quantitative estimate of drug-likeness (QED) is 0.805. The van der Waals surface area contributed by atoms with Crippen molar-refractivity contribution in [2.75, 3.05) is 24.6 Å². The zero-order valence-corrected chi connectivity index (χ0v) is 9.93. The Labute approximate surface area is 101 Å². The highest BCUT2D eigenvalue weighted by molar-refractivity contribution is 5.89. The molecule has 0 bridgehead atoms. The van der Waals surface area contributed by atoms with E-state index in [4.69, 9.17) is 4.74 Å². The van der Waals surface area contributed by atoms with Crippen LogP contribution in [0.4, 0.5) is 5.69 Å². The number of benzene rings is 1. The molecular weight excluding hydrogens is 218 g/mol. The summed E-state index contributed by atoms with van der Waals surface area (Å²) in [6, 6.07) is 7.31. The minimum atomic E-state index is -0.291. The number of aliphatic hydroxyl groups excluding tert-OH is 1. The Morgan fingerprint density at radius 3 is 2.71 bits per heavy atom. The fraction of sp³-hybridized carbons (Fsp3) is 0.462. The number of carbonyl (C=O) groups excluding carboxylic acids is 1. The second-order valence-corrected chi connectivity index (χ2v) is 4.16. The average Bonchev–Trinajstić information content (AvgIpc) is 2.76. The van der Waals surface area contributed by atoms with Crippen LogP contribution in [0.2, 0.25) is 0 Å². The summed E-state index contributed by atoms with van der Waals surface area (Å²) < 4.78 is 4.92. The predicted octanol–water partition coefficient (Wildman–Crippen LogP) is 1.43. The number of β-amino-alcohol motifs (C(OH)–C–C–N with tert-alkyl or cyclic N) is 1. The number of ether oxygens (including phenoxy) is 1. The van der Waals surface area contributed by atoms with Crippen LogP contribution in [-0.4, -0.2) is 36.9 Å². The Kier molecular flexibility index (Phi) is 3.64. The van der Waals surface area contributed by atoms with Crippen LogP contribution >= 0.6 is 0 Å². The molecule has 4 nitrogen and oxygen atoms in total. The second-order valence-electron chi connectivity index (χ2n) is 4.16. The van der Waals surface area contributed by atoms with Gasteiger partial charge in [-0.25, -0.2) is 4.79 Å². The van der Waals surface area contributed by atoms with E-state index in [9.17, 15) is 9.90 Å². The molecule has 1 aromatic rings.